The molecule has 198 valence electrons. The second-order valence-corrected chi connectivity index (χ2v) is 13.1. The number of rotatable bonds is 4. The Morgan fingerprint density at radius 2 is 1.50 bits per heavy atom. The highest BCUT2D eigenvalue weighted by Gasteiger charge is 2.66. The van der Waals surface area contributed by atoms with Crippen LogP contribution in [0.25, 0.3) is 0 Å². The van der Waals surface area contributed by atoms with Crippen LogP contribution in [0.3, 0.4) is 0 Å². The van der Waals surface area contributed by atoms with E-state index in [0.29, 0.717) is 17.0 Å². The van der Waals surface area contributed by atoms with E-state index in [1.807, 2.05) is 32.0 Å². The molecule has 2 saturated heterocycles. The summed E-state index contributed by atoms with van der Waals surface area (Å²) in [7, 11) is 0. The van der Waals surface area contributed by atoms with Crippen LogP contribution in [0.2, 0.25) is 0 Å². The molecule has 0 radical (unpaired) electrons. The minimum Gasteiger partial charge on any atom is -0.426 e. The number of hydrogen-bond donors (Lipinski definition) is 0. The third-order valence-corrected chi connectivity index (χ3v) is 12.0. The van der Waals surface area contributed by atoms with E-state index in [-0.39, 0.29) is 64.0 Å². The number of anilines is 2. The van der Waals surface area contributed by atoms with Gasteiger partial charge in [0, 0.05) is 28.3 Å². The highest BCUT2D eigenvalue weighted by molar-refractivity contribution is 9.12. The Morgan fingerprint density at radius 1 is 0.895 bits per heavy atom. The summed E-state index contributed by atoms with van der Waals surface area (Å²) < 4.78 is 5.67. The molecule has 6 rings (SSSR count). The number of aryl methyl sites for hydroxylation is 3. The maximum atomic E-state index is 13.4. The van der Waals surface area contributed by atoms with Crippen molar-refractivity contribution in [3.63, 3.8) is 0 Å². The number of para-hydroxylation sites is 1. The Labute approximate surface area is 238 Å². The summed E-state index contributed by atoms with van der Waals surface area (Å²) in [6.07, 6.45) is 0.972. The third-order valence-electron chi connectivity index (χ3n) is 8.78. The van der Waals surface area contributed by atoms with E-state index < -0.39 is 11.9 Å². The van der Waals surface area contributed by atoms with Crippen molar-refractivity contribution in [1.82, 2.24) is 0 Å². The summed E-state index contributed by atoms with van der Waals surface area (Å²) >= 11 is 7.44. The van der Waals surface area contributed by atoms with Crippen LogP contribution in [-0.2, 0) is 19.2 Å². The van der Waals surface area contributed by atoms with Gasteiger partial charge in [-0.15, -0.1) is 0 Å². The van der Waals surface area contributed by atoms with Gasteiger partial charge >= 0.3 is 5.97 Å². The number of carbonyl (C=O) groups is 4. The van der Waals surface area contributed by atoms with E-state index in [0.717, 1.165) is 23.2 Å². The number of alkyl halides is 2. The summed E-state index contributed by atoms with van der Waals surface area (Å²) in [5.41, 5.74) is 4.03. The number of amides is 3. The van der Waals surface area contributed by atoms with Gasteiger partial charge in [0.25, 0.3) is 0 Å². The largest absolute Gasteiger partial charge is 0.426 e. The predicted octanol–water partition coefficient (Wildman–Crippen LogP) is 4.85. The SMILES string of the molecule is Cc1cc(OC(=O)[C@@H]2CC(=O)N(c3c(C)cccc3C)C2)ccc1N1C(=O)[C@@H]2[C@H]3C[C@@H]([C@H](Br)[C@H]3Br)[C@H]2C1=O. The first-order valence-electron chi connectivity index (χ1n) is 12.9. The average Bonchev–Trinajstić information content (AvgIpc) is 3.58. The average molecular weight is 644 g/mol. The predicted molar refractivity (Wildman–Crippen MR) is 150 cm³/mol. The number of hydrogen-bond acceptors (Lipinski definition) is 5. The molecule has 9 heteroatoms. The van der Waals surface area contributed by atoms with Crippen molar-refractivity contribution in [3.8, 4) is 5.75 Å². The van der Waals surface area contributed by atoms with Crippen LogP contribution in [-0.4, -0.2) is 39.9 Å². The molecule has 7 nitrogen and oxygen atoms in total. The first-order chi connectivity index (χ1) is 18.1. The lowest BCUT2D eigenvalue weighted by Crippen LogP contribution is -2.37. The van der Waals surface area contributed by atoms with Crippen molar-refractivity contribution in [2.45, 2.75) is 43.3 Å². The molecule has 0 aromatic heterocycles. The number of ether oxygens (including phenoxy) is 1. The number of fused-ring (bicyclic) bond motifs is 5. The van der Waals surface area contributed by atoms with Crippen LogP contribution in [0.5, 0.6) is 5.75 Å². The van der Waals surface area contributed by atoms with Gasteiger partial charge in [0.1, 0.15) is 5.75 Å². The Bertz CT molecular complexity index is 1340. The summed E-state index contributed by atoms with van der Waals surface area (Å²) in [5, 5.41) is 0. The number of halogens is 2. The van der Waals surface area contributed by atoms with E-state index in [1.165, 1.54) is 4.90 Å². The van der Waals surface area contributed by atoms with Gasteiger partial charge in [-0.25, -0.2) is 4.90 Å². The molecule has 2 aliphatic carbocycles. The summed E-state index contributed by atoms with van der Waals surface area (Å²) in [4.78, 5) is 56.0. The molecule has 2 aliphatic heterocycles. The lowest BCUT2D eigenvalue weighted by atomic mass is 9.81. The fraction of sp³-hybridized carbons (Fsp3) is 0.448. The quantitative estimate of drug-likeness (QED) is 0.206. The first kappa shape index (κ1) is 25.7. The zero-order valence-corrected chi connectivity index (χ0v) is 24.5. The normalized spacial score (nSPS) is 31.9. The van der Waals surface area contributed by atoms with Gasteiger partial charge in [0.05, 0.1) is 23.4 Å². The van der Waals surface area contributed by atoms with Gasteiger partial charge in [0.15, 0.2) is 0 Å². The molecule has 2 saturated carbocycles. The van der Waals surface area contributed by atoms with Crippen LogP contribution < -0.4 is 14.5 Å². The summed E-state index contributed by atoms with van der Waals surface area (Å²) in [6.45, 7) is 5.98. The molecule has 2 aromatic carbocycles. The maximum absolute atomic E-state index is 13.4. The standard InChI is InChI=1S/C29H28Br2N2O5/c1-13-5-4-6-14(2)26(13)32-12-16(10-21(32)34)29(37)38-17-7-8-20(15(3)9-17)33-27(35)22-18-11-19(23(22)28(33)36)25(31)24(18)30/h4-9,16,18-19,22-25H,10-12H2,1-3H3/t16-,18-,19-,22-,23-,24+,25+/m1/s1. The molecular formula is C29H28Br2N2O5. The van der Waals surface area contributed by atoms with E-state index in [9.17, 15) is 19.2 Å². The highest BCUT2D eigenvalue weighted by atomic mass is 79.9. The Balaban J connectivity index is 1.17. The number of benzene rings is 2. The number of nitrogens with zero attached hydrogens (tertiary/aromatic N) is 2. The molecule has 4 aliphatic rings. The Hall–Kier alpha value is -2.52. The lowest BCUT2D eigenvalue weighted by Gasteiger charge is -2.28. The van der Waals surface area contributed by atoms with Gasteiger partial charge in [-0.3, -0.25) is 19.2 Å². The Morgan fingerprint density at radius 3 is 2.08 bits per heavy atom. The number of carbonyl (C=O) groups excluding carboxylic acids is 4. The summed E-state index contributed by atoms with van der Waals surface area (Å²) in [5.74, 6) is -1.38. The minimum absolute atomic E-state index is 0.0920. The second-order valence-electron chi connectivity index (χ2n) is 11.0. The smallest absolute Gasteiger partial charge is 0.316 e. The van der Waals surface area contributed by atoms with Crippen molar-refractivity contribution in [3.05, 3.63) is 53.1 Å². The van der Waals surface area contributed by atoms with Crippen molar-refractivity contribution in [1.29, 1.82) is 0 Å². The van der Waals surface area contributed by atoms with Crippen molar-refractivity contribution in [2.75, 3.05) is 16.3 Å². The molecule has 2 bridgehead atoms. The van der Waals surface area contributed by atoms with Crippen molar-refractivity contribution in [2.24, 2.45) is 29.6 Å². The van der Waals surface area contributed by atoms with Crippen LogP contribution >= 0.6 is 31.9 Å². The van der Waals surface area contributed by atoms with Crippen LogP contribution in [0.1, 0.15) is 29.5 Å². The van der Waals surface area contributed by atoms with Gasteiger partial charge in [-0.1, -0.05) is 50.1 Å². The summed E-state index contributed by atoms with van der Waals surface area (Å²) in [6, 6.07) is 10.8. The van der Waals surface area contributed by atoms with Crippen LogP contribution in [0.4, 0.5) is 11.4 Å². The molecule has 38 heavy (non-hydrogen) atoms. The molecule has 4 fully saturated rings. The first-order valence-corrected chi connectivity index (χ1v) is 14.8. The highest BCUT2D eigenvalue weighted by Crippen LogP contribution is 2.60. The third kappa shape index (κ3) is 3.79. The molecule has 0 spiro atoms. The topological polar surface area (TPSA) is 84.0 Å². The maximum Gasteiger partial charge on any atom is 0.316 e. The number of esters is 1. The van der Waals surface area contributed by atoms with Gasteiger partial charge in [-0.05, 0) is 73.9 Å². The molecule has 3 amide bonds. The van der Waals surface area contributed by atoms with Crippen molar-refractivity contribution < 1.29 is 23.9 Å². The Kier molecular flexibility index (Phi) is 6.30. The fourth-order valence-corrected chi connectivity index (χ4v) is 8.91. The van der Waals surface area contributed by atoms with Crippen molar-refractivity contribution >= 4 is 66.9 Å². The zero-order valence-electron chi connectivity index (χ0n) is 21.3. The van der Waals surface area contributed by atoms with Gasteiger partial charge in [0.2, 0.25) is 17.7 Å². The van der Waals surface area contributed by atoms with E-state index in [2.05, 4.69) is 31.9 Å². The fourth-order valence-electron chi connectivity index (χ4n) is 7.04. The number of imide groups is 1. The van der Waals surface area contributed by atoms with E-state index in [1.54, 1.807) is 30.0 Å². The van der Waals surface area contributed by atoms with Gasteiger partial charge < -0.3 is 9.64 Å². The van der Waals surface area contributed by atoms with Gasteiger partial charge in [-0.2, -0.15) is 0 Å². The van der Waals surface area contributed by atoms with E-state index >= 15 is 0 Å². The van der Waals surface area contributed by atoms with Crippen LogP contribution in [0, 0.1) is 50.4 Å². The zero-order chi connectivity index (χ0) is 27.0. The molecular weight excluding hydrogens is 616 g/mol. The second kappa shape index (κ2) is 9.30. The van der Waals surface area contributed by atoms with E-state index in [4.69, 9.17) is 4.74 Å². The monoisotopic (exact) mass is 642 g/mol. The van der Waals surface area contributed by atoms with Crippen LogP contribution in [0.15, 0.2) is 36.4 Å². The molecule has 0 unspecified atom stereocenters. The molecule has 2 aromatic rings. The minimum atomic E-state index is -0.576. The molecule has 7 atom stereocenters. The molecule has 0 N–H and O–H groups in total. The lowest BCUT2D eigenvalue weighted by molar-refractivity contribution is -0.139. The molecule has 2 heterocycles.